The van der Waals surface area contributed by atoms with Gasteiger partial charge in [0.2, 0.25) is 0 Å². The van der Waals surface area contributed by atoms with Gasteiger partial charge in [-0.1, -0.05) is 19.8 Å². The van der Waals surface area contributed by atoms with Crippen molar-refractivity contribution in [2.45, 2.75) is 32.6 Å². The van der Waals surface area contributed by atoms with Crippen molar-refractivity contribution in [3.8, 4) is 0 Å². The van der Waals surface area contributed by atoms with Gasteiger partial charge in [-0.25, -0.2) is 0 Å². The highest BCUT2D eigenvalue weighted by Gasteiger charge is 2.18. The van der Waals surface area contributed by atoms with Gasteiger partial charge >= 0.3 is 0 Å². The summed E-state index contributed by atoms with van der Waals surface area (Å²) in [4.78, 5) is 6.55. The molecule has 16 heavy (non-hydrogen) atoms. The number of anilines is 2. The number of nitrogens with two attached hydrogens (primary N) is 1. The van der Waals surface area contributed by atoms with Gasteiger partial charge in [-0.05, 0) is 24.8 Å². The van der Waals surface area contributed by atoms with Crippen molar-refractivity contribution in [3.63, 3.8) is 0 Å². The Morgan fingerprint density at radius 2 is 2.12 bits per heavy atom. The van der Waals surface area contributed by atoms with Crippen LogP contribution in [-0.4, -0.2) is 18.1 Å². The Morgan fingerprint density at radius 3 is 2.75 bits per heavy atom. The van der Waals surface area contributed by atoms with Crippen LogP contribution in [0.25, 0.3) is 0 Å². The first-order valence-electron chi connectivity index (χ1n) is 6.25. The molecule has 2 N–H and O–H groups in total. The minimum absolute atomic E-state index is 0.758. The van der Waals surface area contributed by atoms with E-state index in [1.54, 1.807) is 6.20 Å². The lowest BCUT2D eigenvalue weighted by Crippen LogP contribution is -2.33. The molecule has 3 heteroatoms. The molecule has 0 spiro atoms. The predicted octanol–water partition coefficient (Wildman–Crippen LogP) is 2.68. The highest BCUT2D eigenvalue weighted by Crippen LogP contribution is 2.26. The van der Waals surface area contributed by atoms with Crippen molar-refractivity contribution in [2.24, 2.45) is 5.92 Å². The first-order valence-corrected chi connectivity index (χ1v) is 6.25. The zero-order chi connectivity index (χ0) is 11.4. The van der Waals surface area contributed by atoms with Crippen LogP contribution in [0.5, 0.6) is 0 Å². The van der Waals surface area contributed by atoms with Crippen LogP contribution in [0.15, 0.2) is 18.5 Å². The lowest BCUT2D eigenvalue weighted by molar-refractivity contribution is 0.378. The maximum absolute atomic E-state index is 5.75. The van der Waals surface area contributed by atoms with Crippen LogP contribution in [-0.2, 0) is 0 Å². The molecule has 0 aliphatic carbocycles. The zero-order valence-corrected chi connectivity index (χ0v) is 10.0. The standard InChI is InChI=1S/C13H21N3/c1-2-3-11-4-6-16(7-5-11)13-8-12(14)9-15-10-13/h8-11H,2-7,14H2,1H3. The van der Waals surface area contributed by atoms with E-state index in [-0.39, 0.29) is 0 Å². The molecule has 88 valence electrons. The highest BCUT2D eigenvalue weighted by atomic mass is 15.1. The van der Waals surface area contributed by atoms with E-state index in [1.807, 2.05) is 12.3 Å². The smallest absolute Gasteiger partial charge is 0.0573 e. The number of aromatic nitrogens is 1. The Kier molecular flexibility index (Phi) is 3.65. The van der Waals surface area contributed by atoms with Crippen LogP contribution in [0.3, 0.4) is 0 Å². The Balaban J connectivity index is 1.94. The molecule has 0 amide bonds. The third-order valence-corrected chi connectivity index (χ3v) is 3.42. The van der Waals surface area contributed by atoms with Crippen molar-refractivity contribution in [1.29, 1.82) is 0 Å². The molecule has 1 aromatic heterocycles. The minimum Gasteiger partial charge on any atom is -0.397 e. The number of rotatable bonds is 3. The molecular formula is C13H21N3. The summed E-state index contributed by atoms with van der Waals surface area (Å²) in [6, 6.07) is 2.02. The molecule has 1 saturated heterocycles. The summed E-state index contributed by atoms with van der Waals surface area (Å²) >= 11 is 0. The summed E-state index contributed by atoms with van der Waals surface area (Å²) in [5.74, 6) is 0.926. The quantitative estimate of drug-likeness (QED) is 0.850. The molecule has 0 aromatic carbocycles. The number of piperidine rings is 1. The summed E-state index contributed by atoms with van der Waals surface area (Å²) < 4.78 is 0. The lowest BCUT2D eigenvalue weighted by atomic mass is 9.92. The SMILES string of the molecule is CCCC1CCN(c2cncc(N)c2)CC1. The fourth-order valence-corrected chi connectivity index (χ4v) is 2.51. The molecule has 3 nitrogen and oxygen atoms in total. The van der Waals surface area contributed by atoms with E-state index in [1.165, 1.54) is 31.4 Å². The van der Waals surface area contributed by atoms with Crippen LogP contribution < -0.4 is 10.6 Å². The summed E-state index contributed by atoms with van der Waals surface area (Å²) in [6.07, 6.45) is 8.92. The number of pyridine rings is 1. The second kappa shape index (κ2) is 5.19. The van der Waals surface area contributed by atoms with E-state index in [0.717, 1.165) is 24.7 Å². The Morgan fingerprint density at radius 1 is 1.38 bits per heavy atom. The largest absolute Gasteiger partial charge is 0.397 e. The van der Waals surface area contributed by atoms with Crippen molar-refractivity contribution in [1.82, 2.24) is 4.98 Å². The van der Waals surface area contributed by atoms with Gasteiger partial charge in [0.1, 0.15) is 0 Å². The first-order chi connectivity index (χ1) is 7.79. The molecule has 0 unspecified atom stereocenters. The molecule has 1 aliphatic rings. The molecule has 0 radical (unpaired) electrons. The van der Waals surface area contributed by atoms with E-state index in [9.17, 15) is 0 Å². The van der Waals surface area contributed by atoms with Gasteiger partial charge in [-0.15, -0.1) is 0 Å². The Bertz CT molecular complexity index is 330. The van der Waals surface area contributed by atoms with Gasteiger partial charge in [-0.3, -0.25) is 4.98 Å². The summed E-state index contributed by atoms with van der Waals surface area (Å²) in [5, 5.41) is 0. The van der Waals surface area contributed by atoms with E-state index in [0.29, 0.717) is 0 Å². The van der Waals surface area contributed by atoms with E-state index in [2.05, 4.69) is 16.8 Å². The van der Waals surface area contributed by atoms with Gasteiger partial charge in [0.15, 0.2) is 0 Å². The second-order valence-electron chi connectivity index (χ2n) is 4.70. The maximum atomic E-state index is 5.75. The van der Waals surface area contributed by atoms with Crippen LogP contribution >= 0.6 is 0 Å². The normalized spacial score (nSPS) is 17.7. The van der Waals surface area contributed by atoms with Crippen LogP contribution in [0, 0.1) is 5.92 Å². The van der Waals surface area contributed by atoms with Gasteiger partial charge in [0.25, 0.3) is 0 Å². The summed E-state index contributed by atoms with van der Waals surface area (Å²) in [7, 11) is 0. The third-order valence-electron chi connectivity index (χ3n) is 3.42. The Hall–Kier alpha value is -1.25. The number of hydrogen-bond donors (Lipinski definition) is 1. The summed E-state index contributed by atoms with van der Waals surface area (Å²) in [6.45, 7) is 4.57. The van der Waals surface area contributed by atoms with Gasteiger partial charge in [-0.2, -0.15) is 0 Å². The average Bonchev–Trinajstić information content (AvgIpc) is 2.30. The number of nitrogens with zero attached hydrogens (tertiary/aromatic N) is 2. The van der Waals surface area contributed by atoms with E-state index < -0.39 is 0 Å². The average molecular weight is 219 g/mol. The zero-order valence-electron chi connectivity index (χ0n) is 10.0. The minimum atomic E-state index is 0.758. The fraction of sp³-hybridized carbons (Fsp3) is 0.615. The monoisotopic (exact) mass is 219 g/mol. The van der Waals surface area contributed by atoms with Crippen LogP contribution in [0.2, 0.25) is 0 Å². The molecule has 1 aromatic rings. The molecular weight excluding hydrogens is 198 g/mol. The van der Waals surface area contributed by atoms with Crippen molar-refractivity contribution < 1.29 is 0 Å². The van der Waals surface area contributed by atoms with Crippen molar-refractivity contribution >= 4 is 11.4 Å². The molecule has 2 heterocycles. The van der Waals surface area contributed by atoms with Crippen molar-refractivity contribution in [3.05, 3.63) is 18.5 Å². The van der Waals surface area contributed by atoms with Crippen LogP contribution in [0.4, 0.5) is 11.4 Å². The summed E-state index contributed by atoms with van der Waals surface area (Å²) in [5.41, 5.74) is 7.68. The molecule has 1 fully saturated rings. The topological polar surface area (TPSA) is 42.2 Å². The van der Waals surface area contributed by atoms with Gasteiger partial charge in [0, 0.05) is 19.3 Å². The second-order valence-corrected chi connectivity index (χ2v) is 4.70. The van der Waals surface area contributed by atoms with Gasteiger partial charge < -0.3 is 10.6 Å². The number of hydrogen-bond acceptors (Lipinski definition) is 3. The molecule has 1 aliphatic heterocycles. The Labute approximate surface area is 97.7 Å². The molecule has 2 rings (SSSR count). The first kappa shape index (κ1) is 11.2. The fourth-order valence-electron chi connectivity index (χ4n) is 2.51. The highest BCUT2D eigenvalue weighted by molar-refractivity contribution is 5.53. The molecule has 0 saturated carbocycles. The number of nitrogen functional groups attached to an aromatic ring is 1. The predicted molar refractivity (Wildman–Crippen MR) is 68.5 cm³/mol. The van der Waals surface area contributed by atoms with E-state index in [4.69, 9.17) is 5.73 Å². The van der Waals surface area contributed by atoms with E-state index >= 15 is 0 Å². The maximum Gasteiger partial charge on any atom is 0.0573 e. The van der Waals surface area contributed by atoms with Crippen molar-refractivity contribution in [2.75, 3.05) is 23.7 Å². The third kappa shape index (κ3) is 2.65. The molecule has 0 atom stereocenters. The van der Waals surface area contributed by atoms with Gasteiger partial charge in [0.05, 0.1) is 17.6 Å². The van der Waals surface area contributed by atoms with Crippen LogP contribution in [0.1, 0.15) is 32.6 Å². The molecule has 0 bridgehead atoms. The lowest BCUT2D eigenvalue weighted by Gasteiger charge is -2.33.